The summed E-state index contributed by atoms with van der Waals surface area (Å²) < 4.78 is 0. The normalized spacial score (nSPS) is 12.7. The van der Waals surface area contributed by atoms with Gasteiger partial charge in [0.2, 0.25) is 0 Å². The van der Waals surface area contributed by atoms with Gasteiger partial charge in [-0.05, 0) is 30.7 Å². The number of ketones is 1. The number of nitrogens with zero attached hydrogens (tertiary/aromatic N) is 1. The number of Topliss-reactive ketones (excluding diaryl/α,β-unsaturated/α-hetero) is 1. The van der Waals surface area contributed by atoms with Crippen molar-refractivity contribution in [1.82, 2.24) is 4.90 Å². The summed E-state index contributed by atoms with van der Waals surface area (Å²) >= 11 is 11.8. The Kier molecular flexibility index (Phi) is 6.84. The van der Waals surface area contributed by atoms with Gasteiger partial charge < -0.3 is 0 Å². The molecule has 0 saturated heterocycles. The van der Waals surface area contributed by atoms with Gasteiger partial charge in [-0.2, -0.15) is 0 Å². The SMILES string of the molecule is CCC(C)CN(CC)CC(=O)c1ccc(Cl)c(Cl)c1. The molecule has 4 heteroatoms. The first-order chi connectivity index (χ1) is 8.97. The lowest BCUT2D eigenvalue weighted by Gasteiger charge is -2.23. The fourth-order valence-corrected chi connectivity index (χ4v) is 2.14. The molecule has 2 nitrogen and oxygen atoms in total. The molecule has 1 atom stereocenters. The average molecular weight is 302 g/mol. The Morgan fingerprint density at radius 1 is 1.26 bits per heavy atom. The fraction of sp³-hybridized carbons (Fsp3) is 0.533. The van der Waals surface area contributed by atoms with Gasteiger partial charge in [-0.15, -0.1) is 0 Å². The molecule has 0 spiro atoms. The molecule has 0 bridgehead atoms. The monoisotopic (exact) mass is 301 g/mol. The molecule has 106 valence electrons. The van der Waals surface area contributed by atoms with Crippen LogP contribution in [-0.4, -0.2) is 30.3 Å². The first kappa shape index (κ1) is 16.5. The number of rotatable bonds is 7. The van der Waals surface area contributed by atoms with Crippen LogP contribution in [-0.2, 0) is 0 Å². The van der Waals surface area contributed by atoms with Crippen LogP contribution in [0.5, 0.6) is 0 Å². The largest absolute Gasteiger partial charge is 0.296 e. The predicted octanol–water partition coefficient (Wildman–Crippen LogP) is 4.54. The van der Waals surface area contributed by atoms with E-state index in [1.54, 1.807) is 18.2 Å². The second-order valence-electron chi connectivity index (χ2n) is 4.89. The Balaban J connectivity index is 2.68. The zero-order valence-electron chi connectivity index (χ0n) is 11.7. The first-order valence-corrected chi connectivity index (χ1v) is 7.44. The Morgan fingerprint density at radius 2 is 1.95 bits per heavy atom. The molecular weight excluding hydrogens is 281 g/mol. The van der Waals surface area contributed by atoms with Crippen molar-refractivity contribution in [3.8, 4) is 0 Å². The zero-order valence-corrected chi connectivity index (χ0v) is 13.3. The van der Waals surface area contributed by atoms with E-state index in [1.807, 2.05) is 0 Å². The minimum absolute atomic E-state index is 0.0868. The van der Waals surface area contributed by atoms with Crippen molar-refractivity contribution >= 4 is 29.0 Å². The van der Waals surface area contributed by atoms with Crippen LogP contribution in [0.4, 0.5) is 0 Å². The molecule has 0 heterocycles. The van der Waals surface area contributed by atoms with Gasteiger partial charge in [0.25, 0.3) is 0 Å². The van der Waals surface area contributed by atoms with E-state index in [0.717, 1.165) is 19.5 Å². The van der Waals surface area contributed by atoms with Gasteiger partial charge in [-0.3, -0.25) is 9.69 Å². The Bertz CT molecular complexity index is 434. The van der Waals surface area contributed by atoms with Gasteiger partial charge in [0.15, 0.2) is 5.78 Å². The third-order valence-corrected chi connectivity index (χ3v) is 4.06. The summed E-state index contributed by atoms with van der Waals surface area (Å²) in [4.78, 5) is 14.4. The lowest BCUT2D eigenvalue weighted by molar-refractivity contribution is 0.0924. The Labute approximate surface area is 125 Å². The summed E-state index contributed by atoms with van der Waals surface area (Å²) in [6.45, 7) is 8.69. The van der Waals surface area contributed by atoms with Crippen molar-refractivity contribution in [2.75, 3.05) is 19.6 Å². The van der Waals surface area contributed by atoms with E-state index >= 15 is 0 Å². The molecule has 0 radical (unpaired) electrons. The minimum atomic E-state index is 0.0868. The number of benzene rings is 1. The number of carbonyl (C=O) groups is 1. The minimum Gasteiger partial charge on any atom is -0.296 e. The van der Waals surface area contributed by atoms with Crippen LogP contribution in [0.25, 0.3) is 0 Å². The summed E-state index contributed by atoms with van der Waals surface area (Å²) in [6.07, 6.45) is 1.12. The van der Waals surface area contributed by atoms with Crippen molar-refractivity contribution in [2.45, 2.75) is 27.2 Å². The number of hydrogen-bond acceptors (Lipinski definition) is 2. The lowest BCUT2D eigenvalue weighted by atomic mass is 10.1. The van der Waals surface area contributed by atoms with Crippen molar-refractivity contribution < 1.29 is 4.79 Å². The van der Waals surface area contributed by atoms with Crippen LogP contribution in [0.1, 0.15) is 37.6 Å². The Morgan fingerprint density at radius 3 is 2.47 bits per heavy atom. The van der Waals surface area contributed by atoms with E-state index in [9.17, 15) is 4.79 Å². The number of hydrogen-bond donors (Lipinski definition) is 0. The van der Waals surface area contributed by atoms with E-state index in [4.69, 9.17) is 23.2 Å². The number of likely N-dealkylation sites (N-methyl/N-ethyl adjacent to an activating group) is 1. The molecule has 1 aromatic carbocycles. The zero-order chi connectivity index (χ0) is 14.4. The van der Waals surface area contributed by atoms with Crippen LogP contribution in [0.2, 0.25) is 10.0 Å². The van der Waals surface area contributed by atoms with E-state index < -0.39 is 0 Å². The fourth-order valence-electron chi connectivity index (χ4n) is 1.84. The second-order valence-corrected chi connectivity index (χ2v) is 5.71. The summed E-state index contributed by atoms with van der Waals surface area (Å²) in [5.41, 5.74) is 0.622. The number of halogens is 2. The van der Waals surface area contributed by atoms with Gasteiger partial charge in [-0.25, -0.2) is 0 Å². The summed E-state index contributed by atoms with van der Waals surface area (Å²) in [5, 5.41) is 0.905. The van der Waals surface area contributed by atoms with Crippen molar-refractivity contribution in [1.29, 1.82) is 0 Å². The maximum Gasteiger partial charge on any atom is 0.176 e. The van der Waals surface area contributed by atoms with Crippen LogP contribution < -0.4 is 0 Å². The molecule has 1 unspecified atom stereocenters. The molecule has 1 aromatic rings. The van der Waals surface area contributed by atoms with Crippen molar-refractivity contribution in [3.05, 3.63) is 33.8 Å². The third kappa shape index (κ3) is 5.13. The van der Waals surface area contributed by atoms with Crippen LogP contribution >= 0.6 is 23.2 Å². The van der Waals surface area contributed by atoms with E-state index in [1.165, 1.54) is 0 Å². The van der Waals surface area contributed by atoms with E-state index in [0.29, 0.717) is 28.1 Å². The van der Waals surface area contributed by atoms with Gasteiger partial charge in [0.05, 0.1) is 16.6 Å². The van der Waals surface area contributed by atoms with Crippen molar-refractivity contribution in [3.63, 3.8) is 0 Å². The molecule has 19 heavy (non-hydrogen) atoms. The van der Waals surface area contributed by atoms with Crippen molar-refractivity contribution in [2.24, 2.45) is 5.92 Å². The van der Waals surface area contributed by atoms with Crippen LogP contribution in [0.3, 0.4) is 0 Å². The van der Waals surface area contributed by atoms with Gasteiger partial charge in [-0.1, -0.05) is 50.4 Å². The van der Waals surface area contributed by atoms with E-state index in [2.05, 4.69) is 25.7 Å². The predicted molar refractivity (Wildman–Crippen MR) is 82.4 cm³/mol. The maximum atomic E-state index is 12.2. The molecule has 1 rings (SSSR count). The molecule has 0 amide bonds. The molecule has 0 aliphatic carbocycles. The van der Waals surface area contributed by atoms with Crippen LogP contribution in [0.15, 0.2) is 18.2 Å². The maximum absolute atomic E-state index is 12.2. The topological polar surface area (TPSA) is 20.3 Å². The molecule has 0 aliphatic heterocycles. The molecular formula is C15H21Cl2NO. The number of carbonyl (C=O) groups excluding carboxylic acids is 1. The van der Waals surface area contributed by atoms with E-state index in [-0.39, 0.29) is 5.78 Å². The highest BCUT2D eigenvalue weighted by molar-refractivity contribution is 6.42. The lowest BCUT2D eigenvalue weighted by Crippen LogP contribution is -2.33. The highest BCUT2D eigenvalue weighted by atomic mass is 35.5. The standard InChI is InChI=1S/C15H21Cl2NO/c1-4-11(3)9-18(5-2)10-15(19)12-6-7-13(16)14(17)8-12/h6-8,11H,4-5,9-10H2,1-3H3. The molecule has 0 N–H and O–H groups in total. The molecule has 0 saturated carbocycles. The summed E-state index contributed by atoms with van der Waals surface area (Å²) in [5.74, 6) is 0.685. The van der Waals surface area contributed by atoms with Gasteiger partial charge >= 0.3 is 0 Å². The Hall–Kier alpha value is -0.570. The smallest absolute Gasteiger partial charge is 0.176 e. The summed E-state index contributed by atoms with van der Waals surface area (Å²) in [7, 11) is 0. The van der Waals surface area contributed by atoms with Gasteiger partial charge in [0.1, 0.15) is 0 Å². The van der Waals surface area contributed by atoms with Crippen LogP contribution in [0, 0.1) is 5.92 Å². The molecule has 0 fully saturated rings. The van der Waals surface area contributed by atoms with Gasteiger partial charge in [0, 0.05) is 12.1 Å². The second kappa shape index (κ2) is 7.88. The average Bonchev–Trinajstić information content (AvgIpc) is 2.40. The quantitative estimate of drug-likeness (QED) is 0.689. The summed E-state index contributed by atoms with van der Waals surface area (Å²) in [6, 6.07) is 5.04. The first-order valence-electron chi connectivity index (χ1n) is 6.68. The highest BCUT2D eigenvalue weighted by Crippen LogP contribution is 2.23. The molecule has 0 aliphatic rings. The third-order valence-electron chi connectivity index (χ3n) is 3.32. The molecule has 0 aromatic heterocycles. The highest BCUT2D eigenvalue weighted by Gasteiger charge is 2.14.